The van der Waals surface area contributed by atoms with Gasteiger partial charge in [-0.1, -0.05) is 20.8 Å². The number of carboxylic acid groups (broad SMARTS) is 1. The molecule has 3 N–H and O–H groups in total. The van der Waals surface area contributed by atoms with E-state index in [-0.39, 0.29) is 31.4 Å². The topological polar surface area (TPSA) is 86.6 Å². The maximum atomic E-state index is 11.4. The molecule has 0 aliphatic rings. The van der Waals surface area contributed by atoms with Crippen LogP contribution in [0.4, 0.5) is 0 Å². The largest absolute Gasteiger partial charge is 0.481 e. The number of aliphatic hydroxyl groups is 1. The highest BCUT2D eigenvalue weighted by Crippen LogP contribution is 2.19. The lowest BCUT2D eigenvalue weighted by atomic mass is 9.87. The number of hydrogen-bond donors (Lipinski definition) is 3. The monoisotopic (exact) mass is 231 g/mol. The van der Waals surface area contributed by atoms with Crippen molar-refractivity contribution >= 4 is 11.9 Å². The normalized spacial score (nSPS) is 14.6. The molecule has 0 bridgehead atoms. The molecule has 0 spiro atoms. The van der Waals surface area contributed by atoms with E-state index >= 15 is 0 Å². The molecule has 94 valence electrons. The minimum absolute atomic E-state index is 0.111. The molecule has 1 atom stereocenters. The number of aliphatic carboxylic acids is 1. The molecule has 0 aromatic rings. The van der Waals surface area contributed by atoms with Crippen molar-refractivity contribution in [2.75, 3.05) is 13.2 Å². The molecule has 0 saturated carbocycles. The number of carbonyl (C=O) groups is 2. The second-order valence-corrected chi connectivity index (χ2v) is 4.91. The summed E-state index contributed by atoms with van der Waals surface area (Å²) in [7, 11) is 0. The molecule has 5 heteroatoms. The molecule has 0 rings (SSSR count). The zero-order valence-electron chi connectivity index (χ0n) is 10.1. The molecule has 0 aliphatic heterocycles. The Hall–Kier alpha value is -1.10. The maximum absolute atomic E-state index is 11.4. The summed E-state index contributed by atoms with van der Waals surface area (Å²) in [6.45, 7) is 5.42. The van der Waals surface area contributed by atoms with Crippen LogP contribution >= 0.6 is 0 Å². The Morgan fingerprint density at radius 1 is 1.38 bits per heavy atom. The Morgan fingerprint density at radius 3 is 2.31 bits per heavy atom. The number of nitrogens with one attached hydrogen (secondary N) is 1. The van der Waals surface area contributed by atoms with Crippen LogP contribution in [-0.2, 0) is 9.59 Å². The lowest BCUT2D eigenvalue weighted by Crippen LogP contribution is -2.39. The summed E-state index contributed by atoms with van der Waals surface area (Å²) in [6, 6.07) is 0. The molecule has 0 aliphatic carbocycles. The van der Waals surface area contributed by atoms with Gasteiger partial charge in [-0.05, 0) is 5.92 Å². The highest BCUT2D eigenvalue weighted by atomic mass is 16.4. The summed E-state index contributed by atoms with van der Waals surface area (Å²) in [5.41, 5.74) is -0.793. The first-order valence-electron chi connectivity index (χ1n) is 5.38. The molecule has 1 amide bonds. The third kappa shape index (κ3) is 6.40. The third-order valence-electron chi connectivity index (χ3n) is 2.27. The minimum atomic E-state index is -0.977. The number of hydrogen-bond acceptors (Lipinski definition) is 3. The summed E-state index contributed by atoms with van der Waals surface area (Å²) >= 11 is 0. The summed E-state index contributed by atoms with van der Waals surface area (Å²) < 4.78 is 0. The van der Waals surface area contributed by atoms with E-state index in [1.807, 2.05) is 13.8 Å². The van der Waals surface area contributed by atoms with Crippen LogP contribution in [0.3, 0.4) is 0 Å². The van der Waals surface area contributed by atoms with E-state index in [0.717, 1.165) is 0 Å². The number of rotatable bonds is 7. The van der Waals surface area contributed by atoms with Gasteiger partial charge in [-0.15, -0.1) is 0 Å². The number of carboxylic acids is 1. The number of carbonyl (C=O) groups excluding carboxylic acids is 1. The Balaban J connectivity index is 4.13. The van der Waals surface area contributed by atoms with Crippen LogP contribution in [0.25, 0.3) is 0 Å². The predicted octanol–water partition coefficient (Wildman–Crippen LogP) is 0.622. The summed E-state index contributed by atoms with van der Waals surface area (Å²) in [4.78, 5) is 21.9. The Kier molecular flexibility index (Phi) is 6.03. The predicted molar refractivity (Wildman–Crippen MR) is 59.9 cm³/mol. The van der Waals surface area contributed by atoms with Gasteiger partial charge in [0.25, 0.3) is 0 Å². The first kappa shape index (κ1) is 14.9. The van der Waals surface area contributed by atoms with E-state index in [1.54, 1.807) is 6.92 Å². The van der Waals surface area contributed by atoms with E-state index < -0.39 is 11.4 Å². The Bertz CT molecular complexity index is 252. The highest BCUT2D eigenvalue weighted by molar-refractivity contribution is 5.76. The van der Waals surface area contributed by atoms with Gasteiger partial charge in [0.2, 0.25) is 5.91 Å². The van der Waals surface area contributed by atoms with Gasteiger partial charge in [-0.25, -0.2) is 0 Å². The number of amides is 1. The van der Waals surface area contributed by atoms with Crippen molar-refractivity contribution in [1.82, 2.24) is 5.32 Å². The van der Waals surface area contributed by atoms with Crippen LogP contribution in [0, 0.1) is 11.3 Å². The fraction of sp³-hybridized carbons (Fsp3) is 0.818. The first-order valence-corrected chi connectivity index (χ1v) is 5.38. The maximum Gasteiger partial charge on any atom is 0.304 e. The Labute approximate surface area is 95.9 Å². The first-order chi connectivity index (χ1) is 7.29. The smallest absolute Gasteiger partial charge is 0.304 e. The molecule has 0 aromatic carbocycles. The molecule has 1 unspecified atom stereocenters. The highest BCUT2D eigenvalue weighted by Gasteiger charge is 2.27. The fourth-order valence-corrected chi connectivity index (χ4v) is 1.29. The molecule has 0 radical (unpaired) electrons. The molecular formula is C11H21NO4. The lowest BCUT2D eigenvalue weighted by Gasteiger charge is -2.25. The van der Waals surface area contributed by atoms with Crippen LogP contribution in [0.15, 0.2) is 0 Å². The van der Waals surface area contributed by atoms with Gasteiger partial charge in [-0.2, -0.15) is 0 Å². The SMILES string of the molecule is CC(C)CC(=O)NCC(C)(CO)CC(=O)O. The molecule has 16 heavy (non-hydrogen) atoms. The van der Waals surface area contributed by atoms with Gasteiger partial charge in [0.05, 0.1) is 13.0 Å². The third-order valence-corrected chi connectivity index (χ3v) is 2.27. The molecule has 0 saturated heterocycles. The summed E-state index contributed by atoms with van der Waals surface area (Å²) in [5.74, 6) is -0.824. The van der Waals surface area contributed by atoms with Crippen LogP contribution in [0.5, 0.6) is 0 Å². The van der Waals surface area contributed by atoms with Crippen molar-refractivity contribution in [3.8, 4) is 0 Å². The van der Waals surface area contributed by atoms with E-state index in [2.05, 4.69) is 5.32 Å². The van der Waals surface area contributed by atoms with E-state index in [0.29, 0.717) is 6.42 Å². The van der Waals surface area contributed by atoms with E-state index in [4.69, 9.17) is 10.2 Å². The molecular weight excluding hydrogens is 210 g/mol. The van der Waals surface area contributed by atoms with Gasteiger partial charge in [0.1, 0.15) is 0 Å². The summed E-state index contributed by atoms with van der Waals surface area (Å²) in [5, 5.41) is 20.4. The zero-order valence-corrected chi connectivity index (χ0v) is 10.1. The van der Waals surface area contributed by atoms with Crippen molar-refractivity contribution in [3.63, 3.8) is 0 Å². The van der Waals surface area contributed by atoms with Crippen molar-refractivity contribution in [1.29, 1.82) is 0 Å². The fourth-order valence-electron chi connectivity index (χ4n) is 1.29. The standard InChI is InChI=1S/C11H21NO4/c1-8(2)4-9(14)12-6-11(3,7-13)5-10(15)16/h8,13H,4-7H2,1-3H3,(H,12,14)(H,15,16). The van der Waals surface area contributed by atoms with Crippen molar-refractivity contribution in [2.45, 2.75) is 33.6 Å². The molecule has 0 heterocycles. The Morgan fingerprint density at radius 2 is 1.94 bits per heavy atom. The van der Waals surface area contributed by atoms with Crippen LogP contribution in [-0.4, -0.2) is 35.2 Å². The number of aliphatic hydroxyl groups excluding tert-OH is 1. The summed E-state index contributed by atoms with van der Waals surface area (Å²) in [6.07, 6.45) is 0.250. The average Bonchev–Trinajstić information content (AvgIpc) is 2.13. The quantitative estimate of drug-likeness (QED) is 0.599. The van der Waals surface area contributed by atoms with Gasteiger partial charge in [-0.3, -0.25) is 9.59 Å². The molecule has 0 aromatic heterocycles. The van der Waals surface area contributed by atoms with E-state index in [1.165, 1.54) is 0 Å². The van der Waals surface area contributed by atoms with Crippen molar-refractivity contribution < 1.29 is 19.8 Å². The average molecular weight is 231 g/mol. The second-order valence-electron chi connectivity index (χ2n) is 4.91. The van der Waals surface area contributed by atoms with Crippen molar-refractivity contribution in [3.05, 3.63) is 0 Å². The van der Waals surface area contributed by atoms with Crippen LogP contribution < -0.4 is 5.32 Å². The molecule has 5 nitrogen and oxygen atoms in total. The minimum Gasteiger partial charge on any atom is -0.481 e. The van der Waals surface area contributed by atoms with Gasteiger partial charge >= 0.3 is 5.97 Å². The van der Waals surface area contributed by atoms with Crippen LogP contribution in [0.1, 0.15) is 33.6 Å². The molecule has 0 fully saturated rings. The van der Waals surface area contributed by atoms with Crippen LogP contribution in [0.2, 0.25) is 0 Å². The van der Waals surface area contributed by atoms with Gasteiger partial charge < -0.3 is 15.5 Å². The second kappa shape index (κ2) is 6.48. The van der Waals surface area contributed by atoms with Gasteiger partial charge in [0, 0.05) is 18.4 Å². The zero-order chi connectivity index (χ0) is 12.8. The van der Waals surface area contributed by atoms with Crippen molar-refractivity contribution in [2.24, 2.45) is 11.3 Å². The van der Waals surface area contributed by atoms with Gasteiger partial charge in [0.15, 0.2) is 0 Å². The lowest BCUT2D eigenvalue weighted by molar-refractivity contribution is -0.140. The van der Waals surface area contributed by atoms with E-state index in [9.17, 15) is 9.59 Å².